The molecule has 0 saturated carbocycles. The van der Waals surface area contributed by atoms with Crippen molar-refractivity contribution in [1.29, 1.82) is 0 Å². The number of carbonyl (C=O) groups excluding carboxylic acids is 1. The minimum Gasteiger partial charge on any atom is -0.358 e. The number of carbonyl (C=O) groups is 1. The summed E-state index contributed by atoms with van der Waals surface area (Å²) in [6, 6.07) is 0. The maximum absolute atomic E-state index is 14.1. The molecule has 4 heterocycles. The van der Waals surface area contributed by atoms with E-state index in [4.69, 9.17) is 11.6 Å². The molecular weight excluding hydrogens is 841 g/mol. The van der Waals surface area contributed by atoms with Gasteiger partial charge in [-0.2, -0.15) is 0 Å². The van der Waals surface area contributed by atoms with Crippen LogP contribution in [0.2, 0.25) is 0 Å². The lowest BCUT2D eigenvalue weighted by molar-refractivity contribution is -0.124. The maximum Gasteiger partial charge on any atom is 0.140 e. The summed E-state index contributed by atoms with van der Waals surface area (Å²) in [5.74, 6) is 3.79. The first-order valence-corrected chi connectivity index (χ1v) is 27.0. The Bertz CT molecular complexity index is 2340. The van der Waals surface area contributed by atoms with Crippen LogP contribution < -0.4 is 21.2 Å². The van der Waals surface area contributed by atoms with Crippen molar-refractivity contribution < 1.29 is 4.79 Å². The van der Waals surface area contributed by atoms with Gasteiger partial charge < -0.3 is 15.5 Å². The van der Waals surface area contributed by atoms with Crippen molar-refractivity contribution in [3.8, 4) is 12.8 Å². The van der Waals surface area contributed by atoms with Crippen molar-refractivity contribution in [1.82, 2.24) is 4.90 Å². The van der Waals surface area contributed by atoms with E-state index < -0.39 is 0 Å². The molecule has 1 fully saturated rings. The molecule has 6 rings (SSSR count). The number of piperidine rings is 1. The Balaban J connectivity index is 0.00000307. The van der Waals surface area contributed by atoms with Crippen LogP contribution in [0.1, 0.15) is 171 Å². The number of rotatable bonds is 9. The van der Waals surface area contributed by atoms with Crippen molar-refractivity contribution in [3.05, 3.63) is 99.8 Å². The number of terminal acetylenes is 1. The molecule has 4 aliphatic rings. The summed E-state index contributed by atoms with van der Waals surface area (Å²) in [5.41, 5.74) is 10.9. The summed E-state index contributed by atoms with van der Waals surface area (Å²) in [7, 11) is 0. The van der Waals surface area contributed by atoms with Crippen LogP contribution in [0.3, 0.4) is 0 Å². The normalized spacial score (nSPS) is 26.6. The summed E-state index contributed by atoms with van der Waals surface area (Å²) < 4.78 is 0. The number of fused-ring (bicyclic) bond motifs is 16. The van der Waals surface area contributed by atoms with Gasteiger partial charge in [-0.15, -0.1) is 12.8 Å². The third kappa shape index (κ3) is 13.9. The molecule has 2 N–H and O–H groups in total. The van der Waals surface area contributed by atoms with E-state index in [9.17, 15) is 4.79 Å². The van der Waals surface area contributed by atoms with E-state index in [0.29, 0.717) is 59.5 Å². The van der Waals surface area contributed by atoms with Gasteiger partial charge in [0.1, 0.15) is 11.4 Å². The van der Waals surface area contributed by atoms with Gasteiger partial charge in [-0.3, -0.25) is 9.79 Å². The molecule has 0 aromatic heterocycles. The first-order valence-electron chi connectivity index (χ1n) is 27.0. The molecule has 0 radical (unpaired) electrons. The van der Waals surface area contributed by atoms with Crippen LogP contribution in [0, 0.1) is 80.0 Å². The monoisotopic (exact) mass is 939 g/mol. The number of hydrogen-bond donors (Lipinski definition) is 2. The molecule has 380 valence electrons. The van der Waals surface area contributed by atoms with Gasteiger partial charge in [-0.05, 0) is 154 Å². The predicted molar refractivity (Wildman–Crippen MR) is 306 cm³/mol. The van der Waals surface area contributed by atoms with Crippen molar-refractivity contribution in [2.24, 2.45) is 58.3 Å². The summed E-state index contributed by atoms with van der Waals surface area (Å²) in [6.45, 7) is 57.6. The van der Waals surface area contributed by atoms with Crippen LogP contribution in [-0.2, 0) is 11.2 Å². The Morgan fingerprint density at radius 3 is 2.12 bits per heavy atom. The van der Waals surface area contributed by atoms with Crippen molar-refractivity contribution in [2.45, 2.75) is 174 Å². The third-order valence-electron chi connectivity index (χ3n) is 16.5. The van der Waals surface area contributed by atoms with Crippen LogP contribution in [-0.4, -0.2) is 36.0 Å². The molecule has 4 unspecified atom stereocenters. The standard InChI is InChI=1S/C60H90N4O.C2H6.C2H2/c1-19-49-27-22-21-23-28-51-44(14)45(15)55-47(17)57(59-58(56(55)54(51)38(7)8)62-60(63-59)29-31-64(32-30-60)35-36(3)4)61-48(18)40(10)26-24-25-39(9)33-41(11)42(12)43(13)52(46(49)16)34-53(65)50(20-2)37(5)6;2*1-2/h22,24-27,36,39,41-43,46,49-50,52,61,63H,5,7,17-21,23,28-35H2,1-4,6,8-16H3;1-2H3;1-2H/b25-24+,27-22+,40-26-;;/t39?,41-,42?,43-,46-,49+,50?,52?;;/m1../s1. The Labute approximate surface area is 423 Å². The van der Waals surface area contributed by atoms with E-state index in [1.165, 1.54) is 33.0 Å². The summed E-state index contributed by atoms with van der Waals surface area (Å²) >= 11 is 0. The molecule has 1 saturated heterocycles. The quantitative estimate of drug-likeness (QED) is 0.194. The van der Waals surface area contributed by atoms with Crippen molar-refractivity contribution >= 4 is 40.1 Å². The van der Waals surface area contributed by atoms with Crippen molar-refractivity contribution in [3.63, 3.8) is 0 Å². The largest absolute Gasteiger partial charge is 0.358 e. The molecule has 5 nitrogen and oxygen atoms in total. The topological polar surface area (TPSA) is 56.7 Å². The van der Waals surface area contributed by atoms with E-state index in [1.54, 1.807) is 0 Å². The summed E-state index contributed by atoms with van der Waals surface area (Å²) in [4.78, 5) is 22.4. The van der Waals surface area contributed by atoms with Gasteiger partial charge in [-0.1, -0.05) is 144 Å². The second-order valence-electron chi connectivity index (χ2n) is 21.8. The molecule has 4 aliphatic heterocycles. The van der Waals surface area contributed by atoms with E-state index in [1.807, 2.05) is 20.8 Å². The predicted octanol–water partition coefficient (Wildman–Crippen LogP) is 15.8. The zero-order valence-corrected chi connectivity index (χ0v) is 46.9. The summed E-state index contributed by atoms with van der Waals surface area (Å²) in [6.07, 6.45) is 28.2. The number of likely N-dealkylation sites (tertiary alicyclic amines) is 1. The highest BCUT2D eigenvalue weighted by Crippen LogP contribution is 2.42. The SMILES string of the molecule is C#C.C=C1Nc2c3c(c4c(C(=C)C)c(c(C)c(C)c4c2=C)CCC/C=C/[C@H](CC)[C@@H](C)C(CC(=O)C(CC)C(=C)C)[C@H](C)C(C)[C@H](C)CC(C)/C=C/C=C\1C)=NC1(CCN(CC(C)C)CC1)N3.CC. The van der Waals surface area contributed by atoms with Gasteiger partial charge in [0.05, 0.1) is 16.7 Å². The van der Waals surface area contributed by atoms with E-state index in [-0.39, 0.29) is 11.6 Å². The maximum atomic E-state index is 14.1. The van der Waals surface area contributed by atoms with Gasteiger partial charge in [0.2, 0.25) is 0 Å². The van der Waals surface area contributed by atoms with Gasteiger partial charge >= 0.3 is 0 Å². The van der Waals surface area contributed by atoms with Crippen LogP contribution in [0.15, 0.2) is 72.0 Å². The minimum absolute atomic E-state index is 0.0637. The summed E-state index contributed by atoms with van der Waals surface area (Å²) in [5, 5.41) is 12.3. The number of benzene rings is 2. The lowest BCUT2D eigenvalue weighted by Gasteiger charge is -2.39. The number of ketones is 1. The zero-order valence-electron chi connectivity index (χ0n) is 46.9. The number of aryl methyl sites for hydroxylation is 1. The Morgan fingerprint density at radius 1 is 0.913 bits per heavy atom. The minimum atomic E-state index is -0.370. The molecule has 8 atom stereocenters. The highest BCUT2D eigenvalue weighted by molar-refractivity contribution is 6.03. The fourth-order valence-electron chi connectivity index (χ4n) is 12.0. The van der Waals surface area contributed by atoms with Crippen LogP contribution in [0.5, 0.6) is 0 Å². The number of nitrogens with zero attached hydrogens (tertiary/aromatic N) is 2. The highest BCUT2D eigenvalue weighted by atomic mass is 16.1. The number of nitrogens with one attached hydrogen (secondary N) is 2. The second kappa shape index (κ2) is 26.7. The molecule has 4 bridgehead atoms. The highest BCUT2D eigenvalue weighted by Gasteiger charge is 2.40. The third-order valence-corrected chi connectivity index (χ3v) is 16.5. The number of hydrogen-bond acceptors (Lipinski definition) is 5. The van der Waals surface area contributed by atoms with E-state index >= 15 is 0 Å². The Morgan fingerprint density at radius 2 is 1.55 bits per heavy atom. The van der Waals surface area contributed by atoms with Crippen LogP contribution >= 0.6 is 0 Å². The molecule has 0 amide bonds. The molecule has 5 heteroatoms. The molecule has 2 aromatic carbocycles. The fraction of sp³-hybridized carbons (Fsp3) is 0.594. The first kappa shape index (κ1) is 58.9. The average molecular weight is 940 g/mol. The van der Waals surface area contributed by atoms with Gasteiger partial charge in [-0.25, -0.2) is 0 Å². The second-order valence-corrected chi connectivity index (χ2v) is 21.8. The van der Waals surface area contributed by atoms with Gasteiger partial charge in [0.15, 0.2) is 0 Å². The number of allylic oxidation sites excluding steroid dienone is 8. The first-order chi connectivity index (χ1) is 32.7. The molecule has 0 aliphatic carbocycles. The van der Waals surface area contributed by atoms with Crippen LogP contribution in [0.25, 0.3) is 22.9 Å². The number of Topliss-reactive ketones (excluding diaryl/α,β-unsaturated/α-hetero) is 1. The lowest BCUT2D eigenvalue weighted by atomic mass is 9.66. The van der Waals surface area contributed by atoms with E-state index in [2.05, 4.69) is 169 Å². The fourth-order valence-corrected chi connectivity index (χ4v) is 12.0. The van der Waals surface area contributed by atoms with Crippen LogP contribution in [0.4, 0.5) is 11.4 Å². The van der Waals surface area contributed by atoms with E-state index in [0.717, 1.165) is 115 Å². The smallest absolute Gasteiger partial charge is 0.140 e. The number of anilines is 2. The average Bonchev–Trinajstić information content (AvgIpc) is 3.68. The molecule has 2 aromatic rings. The molecule has 69 heavy (non-hydrogen) atoms. The van der Waals surface area contributed by atoms with Gasteiger partial charge in [0.25, 0.3) is 0 Å². The molecule has 1 spiro atoms. The van der Waals surface area contributed by atoms with Crippen molar-refractivity contribution in [2.75, 3.05) is 30.3 Å². The van der Waals surface area contributed by atoms with Gasteiger partial charge in [0, 0.05) is 61.1 Å². The molecular formula is C64H98N4O. The Kier molecular flexibility index (Phi) is 22.8. The zero-order chi connectivity index (χ0) is 52.1. The Hall–Kier alpha value is -4.40. The lowest BCUT2D eigenvalue weighted by Crippen LogP contribution is -2.47.